The Labute approximate surface area is 160 Å². The predicted molar refractivity (Wildman–Crippen MR) is 109 cm³/mol. The Morgan fingerprint density at radius 2 is 1.85 bits per heavy atom. The summed E-state index contributed by atoms with van der Waals surface area (Å²) in [6.45, 7) is 9.49. The van der Waals surface area contributed by atoms with Gasteiger partial charge in [0.1, 0.15) is 0 Å². The van der Waals surface area contributed by atoms with E-state index in [9.17, 15) is 4.79 Å². The van der Waals surface area contributed by atoms with Gasteiger partial charge in [-0.3, -0.25) is 9.78 Å². The number of carbonyl (C=O) groups is 1. The van der Waals surface area contributed by atoms with E-state index >= 15 is 0 Å². The zero-order valence-corrected chi connectivity index (χ0v) is 16.3. The molecule has 1 aromatic carbocycles. The summed E-state index contributed by atoms with van der Waals surface area (Å²) in [6, 6.07) is 12.7. The lowest BCUT2D eigenvalue weighted by molar-refractivity contribution is 0.0946. The first-order valence-corrected chi connectivity index (χ1v) is 9.40. The Balaban J connectivity index is 1.76. The Bertz CT molecular complexity index is 1020. The second-order valence-electron chi connectivity index (χ2n) is 8.35. The van der Waals surface area contributed by atoms with Gasteiger partial charge in [-0.25, -0.2) is 0 Å². The van der Waals surface area contributed by atoms with Crippen LogP contribution >= 0.6 is 0 Å². The van der Waals surface area contributed by atoms with Gasteiger partial charge >= 0.3 is 0 Å². The maximum absolute atomic E-state index is 12.0. The lowest BCUT2D eigenvalue weighted by Crippen LogP contribution is -2.31. The van der Waals surface area contributed by atoms with Crippen molar-refractivity contribution >= 4 is 5.91 Å². The number of carbonyl (C=O) groups excluding carboxylic acids is 1. The van der Waals surface area contributed by atoms with Crippen molar-refractivity contribution in [1.82, 2.24) is 15.3 Å². The van der Waals surface area contributed by atoms with Crippen LogP contribution in [0, 0.1) is 6.92 Å². The summed E-state index contributed by atoms with van der Waals surface area (Å²) in [5.41, 5.74) is 8.45. The van der Waals surface area contributed by atoms with E-state index in [4.69, 9.17) is 0 Å². The molecule has 138 valence electrons. The number of aryl methyl sites for hydroxylation is 1. The molecule has 0 spiro atoms. The summed E-state index contributed by atoms with van der Waals surface area (Å²) in [7, 11) is 0. The number of H-pyrrole nitrogens is 1. The molecule has 0 saturated heterocycles. The number of rotatable bonds is 2. The second-order valence-corrected chi connectivity index (χ2v) is 8.35. The van der Waals surface area contributed by atoms with Gasteiger partial charge in [0.05, 0.1) is 11.3 Å². The van der Waals surface area contributed by atoms with Crippen LogP contribution < -0.4 is 5.32 Å². The quantitative estimate of drug-likeness (QED) is 0.700. The van der Waals surface area contributed by atoms with Gasteiger partial charge in [0.2, 0.25) is 0 Å². The molecule has 1 aliphatic heterocycles. The number of hydrogen-bond donors (Lipinski definition) is 2. The highest BCUT2D eigenvalue weighted by Crippen LogP contribution is 2.31. The van der Waals surface area contributed by atoms with E-state index in [0.717, 1.165) is 40.2 Å². The minimum absolute atomic E-state index is 0.00142. The van der Waals surface area contributed by atoms with Crippen LogP contribution in [-0.4, -0.2) is 22.4 Å². The van der Waals surface area contributed by atoms with Crippen LogP contribution in [-0.2, 0) is 11.8 Å². The van der Waals surface area contributed by atoms with Crippen molar-refractivity contribution < 1.29 is 4.79 Å². The van der Waals surface area contributed by atoms with Gasteiger partial charge in [0.15, 0.2) is 0 Å². The van der Waals surface area contributed by atoms with E-state index in [1.807, 2.05) is 18.3 Å². The summed E-state index contributed by atoms with van der Waals surface area (Å²) in [6.07, 6.45) is 2.68. The van der Waals surface area contributed by atoms with Crippen molar-refractivity contribution in [2.45, 2.75) is 39.5 Å². The van der Waals surface area contributed by atoms with E-state index in [0.29, 0.717) is 6.54 Å². The molecule has 2 N–H and O–H groups in total. The van der Waals surface area contributed by atoms with Gasteiger partial charge < -0.3 is 10.3 Å². The normalized spacial score (nSPS) is 14.0. The van der Waals surface area contributed by atoms with Crippen molar-refractivity contribution in [3.05, 3.63) is 65.0 Å². The number of nitrogens with one attached hydrogen (secondary N) is 2. The average molecular weight is 359 g/mol. The fourth-order valence-electron chi connectivity index (χ4n) is 3.57. The van der Waals surface area contributed by atoms with Gasteiger partial charge in [0, 0.05) is 41.7 Å². The third kappa shape index (κ3) is 3.39. The van der Waals surface area contributed by atoms with Crippen molar-refractivity contribution in [1.29, 1.82) is 0 Å². The molecule has 0 fully saturated rings. The molecular formula is C23H25N3O. The summed E-state index contributed by atoms with van der Waals surface area (Å²) in [5, 5.41) is 2.90. The molecule has 1 aliphatic rings. The lowest BCUT2D eigenvalue weighted by atomic mass is 9.84. The molecule has 0 bridgehead atoms. The summed E-state index contributed by atoms with van der Waals surface area (Å²) < 4.78 is 0. The highest BCUT2D eigenvalue weighted by Gasteiger charge is 2.20. The van der Waals surface area contributed by atoms with Gasteiger partial charge in [-0.15, -0.1) is 0 Å². The van der Waals surface area contributed by atoms with Crippen LogP contribution in [0.15, 0.2) is 42.6 Å². The second kappa shape index (κ2) is 6.38. The molecule has 3 aromatic rings. The zero-order chi connectivity index (χ0) is 19.2. The first-order valence-electron chi connectivity index (χ1n) is 9.40. The highest BCUT2D eigenvalue weighted by molar-refractivity contribution is 5.97. The largest absolute Gasteiger partial charge is 0.358 e. The minimum atomic E-state index is 0.00142. The third-order valence-electron chi connectivity index (χ3n) is 5.11. The van der Waals surface area contributed by atoms with Crippen molar-refractivity contribution in [3.63, 3.8) is 0 Å². The summed E-state index contributed by atoms with van der Waals surface area (Å²) in [5.74, 6) is 0.00142. The SMILES string of the molecule is Cc1cc(-c2cc(-c3cc4c([nH]3)CCNC4=O)ccn2)cc(C(C)(C)C)c1. The molecule has 4 nitrogen and oxygen atoms in total. The van der Waals surface area contributed by atoms with Gasteiger partial charge in [-0.1, -0.05) is 32.4 Å². The molecule has 27 heavy (non-hydrogen) atoms. The van der Waals surface area contributed by atoms with Gasteiger partial charge in [-0.05, 0) is 48.2 Å². The summed E-state index contributed by atoms with van der Waals surface area (Å²) >= 11 is 0. The smallest absolute Gasteiger partial charge is 0.253 e. The van der Waals surface area contributed by atoms with Crippen molar-refractivity contribution in [2.24, 2.45) is 0 Å². The summed E-state index contributed by atoms with van der Waals surface area (Å²) in [4.78, 5) is 20.1. The molecule has 0 atom stereocenters. The molecule has 0 aliphatic carbocycles. The van der Waals surface area contributed by atoms with Crippen LogP contribution in [0.2, 0.25) is 0 Å². The molecule has 4 heteroatoms. The Morgan fingerprint density at radius 3 is 2.59 bits per heavy atom. The van der Waals surface area contributed by atoms with E-state index in [-0.39, 0.29) is 11.3 Å². The van der Waals surface area contributed by atoms with E-state index in [2.05, 4.69) is 67.2 Å². The van der Waals surface area contributed by atoms with Crippen LogP contribution in [0.4, 0.5) is 0 Å². The number of pyridine rings is 1. The van der Waals surface area contributed by atoms with Crippen LogP contribution in [0.3, 0.4) is 0 Å². The maximum Gasteiger partial charge on any atom is 0.253 e. The highest BCUT2D eigenvalue weighted by atomic mass is 16.1. The molecule has 3 heterocycles. The average Bonchev–Trinajstić information content (AvgIpc) is 3.06. The molecule has 0 unspecified atom stereocenters. The van der Waals surface area contributed by atoms with Gasteiger partial charge in [0.25, 0.3) is 5.91 Å². The van der Waals surface area contributed by atoms with E-state index < -0.39 is 0 Å². The van der Waals surface area contributed by atoms with Crippen LogP contribution in [0.1, 0.15) is 48.0 Å². The van der Waals surface area contributed by atoms with E-state index in [1.54, 1.807) is 0 Å². The van der Waals surface area contributed by atoms with Gasteiger partial charge in [-0.2, -0.15) is 0 Å². The topological polar surface area (TPSA) is 57.8 Å². The van der Waals surface area contributed by atoms with Crippen LogP contribution in [0.5, 0.6) is 0 Å². The van der Waals surface area contributed by atoms with E-state index in [1.165, 1.54) is 11.1 Å². The standard InChI is InChI=1S/C23H25N3O/c1-14-9-16(11-17(10-14)23(2,3)4)20-12-15(5-7-24-20)21-13-18-19(26-21)6-8-25-22(18)27/h5,7,9-13,26H,6,8H2,1-4H3,(H,25,27). The number of fused-ring (bicyclic) bond motifs is 1. The monoisotopic (exact) mass is 359 g/mol. The molecule has 2 aromatic heterocycles. The Hall–Kier alpha value is -2.88. The Kier molecular flexibility index (Phi) is 4.14. The number of hydrogen-bond acceptors (Lipinski definition) is 2. The number of nitrogens with zero attached hydrogens (tertiary/aromatic N) is 1. The molecule has 0 saturated carbocycles. The van der Waals surface area contributed by atoms with Crippen LogP contribution in [0.25, 0.3) is 22.5 Å². The van der Waals surface area contributed by atoms with Crippen molar-refractivity contribution in [2.75, 3.05) is 6.54 Å². The number of aromatic amines is 1. The Morgan fingerprint density at radius 1 is 1.04 bits per heavy atom. The van der Waals surface area contributed by atoms with Crippen molar-refractivity contribution in [3.8, 4) is 22.5 Å². The molecular weight excluding hydrogens is 334 g/mol. The molecule has 1 amide bonds. The third-order valence-corrected chi connectivity index (χ3v) is 5.11. The maximum atomic E-state index is 12.0. The first-order chi connectivity index (χ1) is 12.8. The predicted octanol–water partition coefficient (Wildman–Crippen LogP) is 4.64. The minimum Gasteiger partial charge on any atom is -0.358 e. The fourth-order valence-corrected chi connectivity index (χ4v) is 3.57. The molecule has 0 radical (unpaired) electrons. The molecule has 4 rings (SSSR count). The zero-order valence-electron chi connectivity index (χ0n) is 16.3. The number of benzene rings is 1. The fraction of sp³-hybridized carbons (Fsp3) is 0.304. The number of amides is 1. The number of aromatic nitrogens is 2. The first kappa shape index (κ1) is 17.5. The lowest BCUT2D eigenvalue weighted by Gasteiger charge is -2.20.